The van der Waals surface area contributed by atoms with E-state index in [0.29, 0.717) is 24.1 Å². The van der Waals surface area contributed by atoms with Crippen molar-refractivity contribution >= 4 is 0 Å². The number of aromatic nitrogens is 2. The predicted octanol–water partition coefficient (Wildman–Crippen LogP) is 2.75. The van der Waals surface area contributed by atoms with Crippen molar-refractivity contribution in [2.75, 3.05) is 26.8 Å². The molecule has 1 fully saturated rings. The molecule has 0 saturated carbocycles. The summed E-state index contributed by atoms with van der Waals surface area (Å²) in [5.41, 5.74) is 0. The van der Waals surface area contributed by atoms with E-state index in [-0.39, 0.29) is 18.0 Å². The van der Waals surface area contributed by atoms with Gasteiger partial charge in [-0.25, -0.2) is 4.39 Å². The fourth-order valence-corrected chi connectivity index (χ4v) is 2.97. The first-order valence-corrected chi connectivity index (χ1v) is 8.11. The summed E-state index contributed by atoms with van der Waals surface area (Å²) in [5, 5.41) is 8.07. The third-order valence-corrected chi connectivity index (χ3v) is 4.20. The molecule has 6 nitrogen and oxygen atoms in total. The average Bonchev–Trinajstić information content (AvgIpc) is 3.19. The molecule has 0 spiro atoms. The Morgan fingerprint density at radius 3 is 2.75 bits per heavy atom. The second-order valence-corrected chi connectivity index (χ2v) is 5.92. The van der Waals surface area contributed by atoms with Crippen LogP contribution in [0, 0.1) is 12.7 Å². The highest BCUT2D eigenvalue weighted by Gasteiger charge is 2.36. The highest BCUT2D eigenvalue weighted by atomic mass is 19.1. The molecule has 130 valence electrons. The molecule has 2 atom stereocenters. The van der Waals surface area contributed by atoms with Crippen LogP contribution in [0.2, 0.25) is 0 Å². The number of aryl methyl sites for hydroxylation is 1. The molecule has 0 amide bonds. The fraction of sp³-hybridized carbons (Fsp3) is 0.529. The van der Waals surface area contributed by atoms with Crippen molar-refractivity contribution in [2.45, 2.75) is 31.9 Å². The van der Waals surface area contributed by atoms with Crippen molar-refractivity contribution in [3.05, 3.63) is 41.9 Å². The Labute approximate surface area is 140 Å². The topological polar surface area (TPSA) is 60.6 Å². The maximum atomic E-state index is 12.9. The summed E-state index contributed by atoms with van der Waals surface area (Å²) >= 11 is 0. The van der Waals surface area contributed by atoms with E-state index in [1.807, 2.05) is 0 Å². The average molecular weight is 335 g/mol. The molecule has 1 saturated heterocycles. The first kappa shape index (κ1) is 16.9. The van der Waals surface area contributed by atoms with Gasteiger partial charge in [0, 0.05) is 27.1 Å². The number of likely N-dealkylation sites (tertiary alicyclic amines) is 1. The normalized spacial score (nSPS) is 21.3. The molecule has 0 N–H and O–H groups in total. The molecule has 1 aliphatic heterocycles. The van der Waals surface area contributed by atoms with Crippen molar-refractivity contribution in [1.29, 1.82) is 0 Å². The number of ether oxygens (including phenoxy) is 2. The van der Waals surface area contributed by atoms with Crippen LogP contribution in [0.15, 0.2) is 28.7 Å². The molecule has 7 heteroatoms. The Bertz CT molecular complexity index is 647. The van der Waals surface area contributed by atoms with Gasteiger partial charge in [0.2, 0.25) is 11.8 Å². The predicted molar refractivity (Wildman–Crippen MR) is 85.3 cm³/mol. The summed E-state index contributed by atoms with van der Waals surface area (Å²) < 4.78 is 29.6. The van der Waals surface area contributed by atoms with E-state index in [0.717, 1.165) is 25.9 Å². The largest absolute Gasteiger partial charge is 0.494 e. The lowest BCUT2D eigenvalue weighted by Gasteiger charge is -2.21. The van der Waals surface area contributed by atoms with Crippen LogP contribution in [-0.2, 0) is 4.74 Å². The zero-order valence-electron chi connectivity index (χ0n) is 13.9. The lowest BCUT2D eigenvalue weighted by Crippen LogP contribution is -2.27. The van der Waals surface area contributed by atoms with Gasteiger partial charge in [-0.1, -0.05) is 0 Å². The van der Waals surface area contributed by atoms with Crippen molar-refractivity contribution < 1.29 is 18.3 Å². The van der Waals surface area contributed by atoms with Crippen molar-refractivity contribution in [3.8, 4) is 5.75 Å². The van der Waals surface area contributed by atoms with Crippen LogP contribution >= 0.6 is 0 Å². The quantitative estimate of drug-likeness (QED) is 0.725. The summed E-state index contributed by atoms with van der Waals surface area (Å²) in [6.07, 6.45) is 1.86. The lowest BCUT2D eigenvalue weighted by molar-refractivity contribution is 0.107. The first-order valence-electron chi connectivity index (χ1n) is 8.11. The number of methoxy groups -OCH3 is 1. The molecule has 0 aliphatic carbocycles. The van der Waals surface area contributed by atoms with Gasteiger partial charge < -0.3 is 13.9 Å². The first-order chi connectivity index (χ1) is 11.7. The van der Waals surface area contributed by atoms with Gasteiger partial charge >= 0.3 is 0 Å². The Balaban J connectivity index is 1.51. The number of rotatable bonds is 7. The van der Waals surface area contributed by atoms with Gasteiger partial charge in [0.15, 0.2) is 0 Å². The van der Waals surface area contributed by atoms with Crippen molar-refractivity contribution in [1.82, 2.24) is 15.1 Å². The molecular weight excluding hydrogens is 313 g/mol. The van der Waals surface area contributed by atoms with Gasteiger partial charge in [-0.3, -0.25) is 4.90 Å². The minimum Gasteiger partial charge on any atom is -0.494 e. The van der Waals surface area contributed by atoms with Gasteiger partial charge in [-0.2, -0.15) is 0 Å². The number of benzene rings is 1. The smallest absolute Gasteiger partial charge is 0.233 e. The van der Waals surface area contributed by atoms with E-state index < -0.39 is 0 Å². The van der Waals surface area contributed by atoms with E-state index in [1.54, 1.807) is 26.2 Å². The molecule has 1 aromatic heterocycles. The molecular formula is C17H22FN3O3. The van der Waals surface area contributed by atoms with E-state index in [2.05, 4.69) is 15.1 Å². The van der Waals surface area contributed by atoms with Gasteiger partial charge in [0.25, 0.3) is 0 Å². The van der Waals surface area contributed by atoms with Gasteiger partial charge in [0.1, 0.15) is 11.6 Å². The van der Waals surface area contributed by atoms with E-state index in [9.17, 15) is 4.39 Å². The minimum absolute atomic E-state index is 0.0852. The van der Waals surface area contributed by atoms with Gasteiger partial charge in [-0.15, -0.1) is 10.2 Å². The molecule has 2 aromatic rings. The highest BCUT2D eigenvalue weighted by Crippen LogP contribution is 2.32. The molecule has 0 bridgehead atoms. The maximum absolute atomic E-state index is 12.9. The summed E-state index contributed by atoms with van der Waals surface area (Å²) in [6.45, 7) is 4.03. The number of halogens is 1. The van der Waals surface area contributed by atoms with Crippen LogP contribution < -0.4 is 4.74 Å². The van der Waals surface area contributed by atoms with Crippen LogP contribution in [-0.4, -0.2) is 48.0 Å². The van der Waals surface area contributed by atoms with E-state index in [1.165, 1.54) is 12.1 Å². The van der Waals surface area contributed by atoms with Crippen LogP contribution in [0.4, 0.5) is 4.39 Å². The van der Waals surface area contributed by atoms with E-state index in [4.69, 9.17) is 13.9 Å². The molecule has 3 rings (SSSR count). The van der Waals surface area contributed by atoms with Crippen molar-refractivity contribution in [2.24, 2.45) is 0 Å². The zero-order chi connectivity index (χ0) is 16.9. The van der Waals surface area contributed by atoms with Crippen molar-refractivity contribution in [3.63, 3.8) is 0 Å². The number of nitrogens with zero attached hydrogens (tertiary/aromatic N) is 3. The Kier molecular flexibility index (Phi) is 5.42. The zero-order valence-corrected chi connectivity index (χ0v) is 13.9. The number of hydrogen-bond acceptors (Lipinski definition) is 6. The van der Waals surface area contributed by atoms with Crippen LogP contribution in [0.1, 0.15) is 30.7 Å². The second kappa shape index (κ2) is 7.72. The Morgan fingerprint density at radius 1 is 1.29 bits per heavy atom. The summed E-state index contributed by atoms with van der Waals surface area (Å²) in [7, 11) is 1.72. The van der Waals surface area contributed by atoms with Gasteiger partial charge in [-0.05, 0) is 37.1 Å². The third kappa shape index (κ3) is 4.10. The Morgan fingerprint density at radius 2 is 2.08 bits per heavy atom. The Hall–Kier alpha value is -1.99. The molecule has 0 unspecified atom stereocenters. The third-order valence-electron chi connectivity index (χ3n) is 4.20. The standard InChI is InChI=1S/C17H22FN3O3/c1-12-19-20-17(24-12)16-10-15(22-2)11-21(16)8-3-9-23-14-6-4-13(18)5-7-14/h4-7,15-16H,3,8-11H2,1-2H3/t15-,16+/m0/s1. The van der Waals surface area contributed by atoms with Gasteiger partial charge in [0.05, 0.1) is 18.8 Å². The highest BCUT2D eigenvalue weighted by molar-refractivity contribution is 5.21. The maximum Gasteiger partial charge on any atom is 0.233 e. The van der Waals surface area contributed by atoms with Crippen LogP contribution in [0.5, 0.6) is 5.75 Å². The molecule has 0 radical (unpaired) electrons. The minimum atomic E-state index is -0.261. The summed E-state index contributed by atoms with van der Waals surface area (Å²) in [4.78, 5) is 2.29. The summed E-state index contributed by atoms with van der Waals surface area (Å²) in [5.74, 6) is 1.64. The van der Waals surface area contributed by atoms with Crippen LogP contribution in [0.3, 0.4) is 0 Å². The molecule has 1 aliphatic rings. The molecule has 1 aromatic carbocycles. The second-order valence-electron chi connectivity index (χ2n) is 5.92. The molecule has 24 heavy (non-hydrogen) atoms. The molecule has 2 heterocycles. The fourth-order valence-electron chi connectivity index (χ4n) is 2.97. The van der Waals surface area contributed by atoms with E-state index >= 15 is 0 Å². The number of hydrogen-bond donors (Lipinski definition) is 0. The monoisotopic (exact) mass is 335 g/mol. The SMILES string of the molecule is CO[C@H]1C[C@H](c2nnc(C)o2)N(CCCOc2ccc(F)cc2)C1. The lowest BCUT2D eigenvalue weighted by atomic mass is 10.2. The summed E-state index contributed by atoms with van der Waals surface area (Å²) in [6, 6.07) is 6.15. The van der Waals surface area contributed by atoms with Crippen LogP contribution in [0.25, 0.3) is 0 Å².